The van der Waals surface area contributed by atoms with Gasteiger partial charge in [0.05, 0.1) is 17.9 Å². The van der Waals surface area contributed by atoms with Crippen LogP contribution in [0.3, 0.4) is 0 Å². The molecule has 0 radical (unpaired) electrons. The molecule has 0 spiro atoms. The molecule has 1 unspecified atom stereocenters. The van der Waals surface area contributed by atoms with E-state index in [1.165, 1.54) is 0 Å². The van der Waals surface area contributed by atoms with Gasteiger partial charge in [-0.15, -0.1) is 0 Å². The Kier molecular flexibility index (Phi) is 3.54. The van der Waals surface area contributed by atoms with Crippen molar-refractivity contribution in [3.05, 3.63) is 30.1 Å². The Hall–Kier alpha value is -1.91. The highest BCUT2D eigenvalue weighted by atomic mass is 16.4. The number of carboxylic acids is 1. The van der Waals surface area contributed by atoms with Crippen LogP contribution in [-0.4, -0.2) is 33.9 Å². The van der Waals surface area contributed by atoms with Crippen molar-refractivity contribution in [1.29, 1.82) is 0 Å². The van der Waals surface area contributed by atoms with E-state index in [-0.39, 0.29) is 11.9 Å². The predicted octanol–water partition coefficient (Wildman–Crippen LogP) is 1.96. The number of aliphatic carboxylic acids is 1. The van der Waals surface area contributed by atoms with Gasteiger partial charge < -0.3 is 10.0 Å². The fourth-order valence-electron chi connectivity index (χ4n) is 2.84. The molecule has 5 nitrogen and oxygen atoms in total. The van der Waals surface area contributed by atoms with Crippen LogP contribution in [0.4, 0.5) is 0 Å². The number of amides is 1. The maximum atomic E-state index is 12.5. The smallest absolute Gasteiger partial charge is 0.307 e. The summed E-state index contributed by atoms with van der Waals surface area (Å²) < 4.78 is 0. The van der Waals surface area contributed by atoms with Crippen LogP contribution in [0.25, 0.3) is 0 Å². The van der Waals surface area contributed by atoms with Gasteiger partial charge in [0.1, 0.15) is 0 Å². The zero-order valence-electron chi connectivity index (χ0n) is 12.2. The second kappa shape index (κ2) is 4.89. The number of hydrogen-bond donors (Lipinski definition) is 1. The Balaban J connectivity index is 2.13. The van der Waals surface area contributed by atoms with Crippen LogP contribution in [0.5, 0.6) is 0 Å². The molecule has 0 aromatic carbocycles. The van der Waals surface area contributed by atoms with Crippen molar-refractivity contribution in [2.24, 2.45) is 17.3 Å². The van der Waals surface area contributed by atoms with Crippen LogP contribution in [0, 0.1) is 17.3 Å². The number of hydrogen-bond acceptors (Lipinski definition) is 3. The first kappa shape index (κ1) is 14.5. The van der Waals surface area contributed by atoms with Crippen LogP contribution in [-0.2, 0) is 9.59 Å². The third-order valence-corrected chi connectivity index (χ3v) is 4.48. The lowest BCUT2D eigenvalue weighted by molar-refractivity contribution is -0.142. The molecule has 5 heteroatoms. The molecule has 1 aromatic heterocycles. The first-order valence-electron chi connectivity index (χ1n) is 6.68. The molecular formula is C15H20N2O3. The summed E-state index contributed by atoms with van der Waals surface area (Å²) in [6.07, 6.45) is 3.37. The minimum Gasteiger partial charge on any atom is -0.481 e. The summed E-state index contributed by atoms with van der Waals surface area (Å²) in [5.74, 6) is -2.01. The SMILES string of the molecule is CC(c1ccncc1)N(C)C(=O)[C@H]1[C@@H](C(=O)O)C1(C)C. The normalized spacial score (nSPS) is 24.8. The van der Waals surface area contributed by atoms with E-state index in [9.17, 15) is 9.59 Å². The fourth-order valence-corrected chi connectivity index (χ4v) is 2.84. The zero-order chi connectivity index (χ0) is 15.1. The Labute approximate surface area is 118 Å². The number of pyridine rings is 1. The molecule has 108 valence electrons. The van der Waals surface area contributed by atoms with Crippen LogP contribution >= 0.6 is 0 Å². The van der Waals surface area contributed by atoms with E-state index in [2.05, 4.69) is 4.98 Å². The van der Waals surface area contributed by atoms with Crippen molar-refractivity contribution < 1.29 is 14.7 Å². The second-order valence-electron chi connectivity index (χ2n) is 6.02. The molecule has 1 fully saturated rings. The Morgan fingerprint density at radius 3 is 2.30 bits per heavy atom. The monoisotopic (exact) mass is 276 g/mol. The number of rotatable bonds is 4. The van der Waals surface area contributed by atoms with E-state index in [4.69, 9.17) is 5.11 Å². The third-order valence-electron chi connectivity index (χ3n) is 4.48. The molecule has 0 aliphatic heterocycles. The van der Waals surface area contributed by atoms with E-state index in [1.807, 2.05) is 32.9 Å². The molecular weight excluding hydrogens is 256 g/mol. The van der Waals surface area contributed by atoms with Crippen LogP contribution in [0.2, 0.25) is 0 Å². The first-order chi connectivity index (χ1) is 9.28. The largest absolute Gasteiger partial charge is 0.481 e. The van der Waals surface area contributed by atoms with Gasteiger partial charge in [0.15, 0.2) is 0 Å². The summed E-state index contributed by atoms with van der Waals surface area (Å²) in [6.45, 7) is 5.59. The molecule has 0 bridgehead atoms. The van der Waals surface area contributed by atoms with Crippen LogP contribution < -0.4 is 0 Å². The van der Waals surface area contributed by atoms with Crippen molar-refractivity contribution in [2.75, 3.05) is 7.05 Å². The summed E-state index contributed by atoms with van der Waals surface area (Å²) >= 11 is 0. The van der Waals surface area contributed by atoms with Crippen LogP contribution in [0.15, 0.2) is 24.5 Å². The van der Waals surface area contributed by atoms with E-state index >= 15 is 0 Å². The van der Waals surface area contributed by atoms with Gasteiger partial charge >= 0.3 is 5.97 Å². The van der Waals surface area contributed by atoms with Gasteiger partial charge in [-0.2, -0.15) is 0 Å². The van der Waals surface area contributed by atoms with Gasteiger partial charge in [0, 0.05) is 19.4 Å². The molecule has 1 heterocycles. The van der Waals surface area contributed by atoms with Crippen molar-refractivity contribution >= 4 is 11.9 Å². The molecule has 1 aliphatic rings. The highest BCUT2D eigenvalue weighted by Gasteiger charge is 2.66. The average molecular weight is 276 g/mol. The molecule has 1 N–H and O–H groups in total. The number of carbonyl (C=O) groups is 2. The topological polar surface area (TPSA) is 70.5 Å². The first-order valence-corrected chi connectivity index (χ1v) is 6.68. The second-order valence-corrected chi connectivity index (χ2v) is 6.02. The third kappa shape index (κ3) is 2.28. The fraction of sp³-hybridized carbons (Fsp3) is 0.533. The number of carboxylic acid groups (broad SMARTS) is 1. The lowest BCUT2D eigenvalue weighted by atomic mass is 10.1. The minimum atomic E-state index is -0.890. The van der Waals surface area contributed by atoms with E-state index in [0.29, 0.717) is 0 Å². The maximum absolute atomic E-state index is 12.5. The van der Waals surface area contributed by atoms with Gasteiger partial charge in [-0.3, -0.25) is 14.6 Å². The van der Waals surface area contributed by atoms with Crippen molar-refractivity contribution in [3.8, 4) is 0 Å². The molecule has 1 amide bonds. The summed E-state index contributed by atoms with van der Waals surface area (Å²) in [7, 11) is 1.72. The summed E-state index contributed by atoms with van der Waals surface area (Å²) in [6, 6.07) is 3.62. The van der Waals surface area contributed by atoms with Crippen molar-refractivity contribution in [3.63, 3.8) is 0 Å². The highest BCUT2D eigenvalue weighted by Crippen LogP contribution is 2.59. The van der Waals surface area contributed by atoms with Crippen LogP contribution in [0.1, 0.15) is 32.4 Å². The Morgan fingerprint density at radius 1 is 1.30 bits per heavy atom. The predicted molar refractivity (Wildman–Crippen MR) is 73.8 cm³/mol. The lowest BCUT2D eigenvalue weighted by Gasteiger charge is -2.26. The quantitative estimate of drug-likeness (QED) is 0.912. The van der Waals surface area contributed by atoms with E-state index in [0.717, 1.165) is 5.56 Å². The molecule has 2 rings (SSSR count). The van der Waals surface area contributed by atoms with E-state index in [1.54, 1.807) is 24.3 Å². The molecule has 1 aliphatic carbocycles. The lowest BCUT2D eigenvalue weighted by Crippen LogP contribution is -2.32. The van der Waals surface area contributed by atoms with Gasteiger partial charge in [-0.1, -0.05) is 13.8 Å². The molecule has 1 saturated carbocycles. The standard InChI is InChI=1S/C15H20N2O3/c1-9(10-5-7-16-8-6-10)17(4)13(18)11-12(14(19)20)15(11,2)3/h5-9,11-12H,1-4H3,(H,19,20)/t9?,11-,12+/m1/s1. The van der Waals surface area contributed by atoms with E-state index < -0.39 is 23.2 Å². The zero-order valence-corrected chi connectivity index (χ0v) is 12.2. The Morgan fingerprint density at radius 2 is 1.85 bits per heavy atom. The average Bonchev–Trinajstić information content (AvgIpc) is 3.00. The van der Waals surface area contributed by atoms with Gasteiger partial charge in [0.25, 0.3) is 0 Å². The summed E-state index contributed by atoms with van der Waals surface area (Å²) in [5, 5.41) is 9.17. The maximum Gasteiger partial charge on any atom is 0.307 e. The molecule has 1 aromatic rings. The highest BCUT2D eigenvalue weighted by molar-refractivity contribution is 5.91. The number of carbonyl (C=O) groups excluding carboxylic acids is 1. The molecule has 0 saturated heterocycles. The number of aromatic nitrogens is 1. The van der Waals surface area contributed by atoms with Gasteiger partial charge in [0.2, 0.25) is 5.91 Å². The number of nitrogens with zero attached hydrogens (tertiary/aromatic N) is 2. The van der Waals surface area contributed by atoms with Gasteiger partial charge in [-0.25, -0.2) is 0 Å². The van der Waals surface area contributed by atoms with Gasteiger partial charge in [-0.05, 0) is 30.0 Å². The minimum absolute atomic E-state index is 0.101. The van der Waals surface area contributed by atoms with Crippen molar-refractivity contribution in [1.82, 2.24) is 9.88 Å². The summed E-state index contributed by atoms with van der Waals surface area (Å²) in [4.78, 5) is 29.3. The molecule has 3 atom stereocenters. The summed E-state index contributed by atoms with van der Waals surface area (Å²) in [5.41, 5.74) is 0.524. The van der Waals surface area contributed by atoms with Crippen molar-refractivity contribution in [2.45, 2.75) is 26.8 Å². The molecule has 20 heavy (non-hydrogen) atoms. The Bertz CT molecular complexity index is 527.